The smallest absolute Gasteiger partial charge is 0.326 e. The lowest BCUT2D eigenvalue weighted by atomic mass is 10.1. The first-order chi connectivity index (χ1) is 9.56. The number of carboxylic acid groups (broad SMARTS) is 1. The summed E-state index contributed by atoms with van der Waals surface area (Å²) in [6.07, 6.45) is 4.91. The number of terminal acetylenes is 1. The van der Waals surface area contributed by atoms with Gasteiger partial charge in [-0.25, -0.2) is 9.59 Å². The summed E-state index contributed by atoms with van der Waals surface area (Å²) in [7, 11) is 1.45. The molecule has 0 aliphatic rings. The summed E-state index contributed by atoms with van der Waals surface area (Å²) in [5.74, 6) is 0.535. The Hall–Kier alpha value is -2.23. The van der Waals surface area contributed by atoms with Gasteiger partial charge in [0.2, 0.25) is 0 Å². The molecule has 7 nitrogen and oxygen atoms in total. The Balaban J connectivity index is 4.46. The van der Waals surface area contributed by atoms with Crippen molar-refractivity contribution in [2.75, 3.05) is 13.6 Å². The first kappa shape index (κ1) is 18.8. The molecular weight excluding hydrogens is 276 g/mol. The Morgan fingerprint density at radius 1 is 1.38 bits per heavy atom. The summed E-state index contributed by atoms with van der Waals surface area (Å²) >= 11 is 0. The fraction of sp³-hybridized carbons (Fsp3) is 0.643. The molecule has 0 aromatic carbocycles. The number of nitrogens with zero attached hydrogens (tertiary/aromatic N) is 1. The van der Waals surface area contributed by atoms with Crippen molar-refractivity contribution in [1.82, 2.24) is 10.2 Å². The average Bonchev–Trinajstić information content (AvgIpc) is 2.31. The molecule has 7 heteroatoms. The van der Waals surface area contributed by atoms with E-state index in [9.17, 15) is 14.4 Å². The Morgan fingerprint density at radius 3 is 2.38 bits per heavy atom. The van der Waals surface area contributed by atoms with Crippen LogP contribution in [0.3, 0.4) is 0 Å². The van der Waals surface area contributed by atoms with Crippen LogP contribution in [0.2, 0.25) is 0 Å². The van der Waals surface area contributed by atoms with Crippen molar-refractivity contribution in [2.24, 2.45) is 0 Å². The monoisotopic (exact) mass is 298 g/mol. The lowest BCUT2D eigenvalue weighted by molar-refractivity contribution is -0.155. The highest BCUT2D eigenvalue weighted by molar-refractivity contribution is 5.83. The SMILES string of the molecule is C#CCN(C)C(=O)N[C@H](CCC(=O)OC(C)(C)C)C(=O)O. The van der Waals surface area contributed by atoms with Gasteiger partial charge >= 0.3 is 18.0 Å². The number of carboxylic acids is 1. The van der Waals surface area contributed by atoms with Crippen LogP contribution in [0.1, 0.15) is 33.6 Å². The number of carbonyl (C=O) groups excluding carboxylic acids is 2. The van der Waals surface area contributed by atoms with Crippen LogP contribution in [0.5, 0.6) is 0 Å². The molecule has 0 aromatic heterocycles. The molecule has 0 spiro atoms. The van der Waals surface area contributed by atoms with Crippen LogP contribution >= 0.6 is 0 Å². The highest BCUT2D eigenvalue weighted by Gasteiger charge is 2.24. The lowest BCUT2D eigenvalue weighted by Crippen LogP contribution is -2.47. The highest BCUT2D eigenvalue weighted by atomic mass is 16.6. The van der Waals surface area contributed by atoms with Crippen LogP contribution in [0.15, 0.2) is 0 Å². The second-order valence-electron chi connectivity index (χ2n) is 5.53. The minimum atomic E-state index is -1.22. The van der Waals surface area contributed by atoms with Gasteiger partial charge in [-0.15, -0.1) is 6.42 Å². The van der Waals surface area contributed by atoms with E-state index >= 15 is 0 Å². The van der Waals surface area contributed by atoms with Crippen molar-refractivity contribution in [1.29, 1.82) is 0 Å². The minimum Gasteiger partial charge on any atom is -0.480 e. The fourth-order valence-corrected chi connectivity index (χ4v) is 1.38. The molecule has 0 radical (unpaired) electrons. The average molecular weight is 298 g/mol. The Bertz CT molecular complexity index is 434. The van der Waals surface area contributed by atoms with E-state index in [1.807, 2.05) is 0 Å². The lowest BCUT2D eigenvalue weighted by Gasteiger charge is -2.21. The van der Waals surface area contributed by atoms with Gasteiger partial charge in [-0.1, -0.05) is 5.92 Å². The molecule has 0 rings (SSSR count). The molecule has 2 N–H and O–H groups in total. The molecule has 0 heterocycles. The van der Waals surface area contributed by atoms with Gasteiger partial charge in [0.1, 0.15) is 11.6 Å². The normalized spacial score (nSPS) is 12.0. The second-order valence-corrected chi connectivity index (χ2v) is 5.53. The summed E-state index contributed by atoms with van der Waals surface area (Å²) in [5.41, 5.74) is -0.633. The Kier molecular flexibility index (Phi) is 7.28. The van der Waals surface area contributed by atoms with Gasteiger partial charge in [0.15, 0.2) is 0 Å². The van der Waals surface area contributed by atoms with E-state index in [1.54, 1.807) is 20.8 Å². The number of urea groups is 1. The van der Waals surface area contributed by atoms with Gasteiger partial charge in [-0.3, -0.25) is 4.79 Å². The van der Waals surface area contributed by atoms with E-state index in [0.29, 0.717) is 0 Å². The Morgan fingerprint density at radius 2 is 1.95 bits per heavy atom. The van der Waals surface area contributed by atoms with Gasteiger partial charge in [0.05, 0.1) is 6.54 Å². The van der Waals surface area contributed by atoms with E-state index < -0.39 is 29.6 Å². The van der Waals surface area contributed by atoms with Crippen LogP contribution in [-0.4, -0.2) is 53.2 Å². The molecular formula is C14H22N2O5. The van der Waals surface area contributed by atoms with Crippen molar-refractivity contribution in [3.8, 4) is 12.3 Å². The fourth-order valence-electron chi connectivity index (χ4n) is 1.38. The summed E-state index contributed by atoms with van der Waals surface area (Å²) in [6.45, 7) is 5.21. The van der Waals surface area contributed by atoms with Crippen molar-refractivity contribution in [3.63, 3.8) is 0 Å². The van der Waals surface area contributed by atoms with E-state index in [1.165, 1.54) is 11.9 Å². The maximum Gasteiger partial charge on any atom is 0.326 e. The van der Waals surface area contributed by atoms with Crippen molar-refractivity contribution in [2.45, 2.75) is 45.3 Å². The zero-order valence-electron chi connectivity index (χ0n) is 12.8. The van der Waals surface area contributed by atoms with Crippen LogP contribution in [0, 0.1) is 12.3 Å². The number of amides is 2. The zero-order chi connectivity index (χ0) is 16.6. The summed E-state index contributed by atoms with van der Waals surface area (Å²) in [4.78, 5) is 35.5. The van der Waals surface area contributed by atoms with E-state index in [2.05, 4.69) is 11.2 Å². The molecule has 0 aliphatic heterocycles. The third-order valence-corrected chi connectivity index (χ3v) is 2.33. The predicted octanol–water partition coefficient (Wildman–Crippen LogP) is 0.836. The number of rotatable bonds is 6. The van der Waals surface area contributed by atoms with Crippen LogP contribution in [-0.2, 0) is 14.3 Å². The van der Waals surface area contributed by atoms with Crippen LogP contribution in [0.25, 0.3) is 0 Å². The van der Waals surface area contributed by atoms with Crippen molar-refractivity contribution >= 4 is 18.0 Å². The van der Waals surface area contributed by atoms with Gasteiger partial charge < -0.3 is 20.1 Å². The maximum atomic E-state index is 11.7. The highest BCUT2D eigenvalue weighted by Crippen LogP contribution is 2.10. The molecule has 21 heavy (non-hydrogen) atoms. The molecule has 0 saturated carbocycles. The van der Waals surface area contributed by atoms with E-state index in [-0.39, 0.29) is 19.4 Å². The molecule has 0 fully saturated rings. The van der Waals surface area contributed by atoms with Crippen molar-refractivity contribution in [3.05, 3.63) is 0 Å². The zero-order valence-corrected chi connectivity index (χ0v) is 12.8. The first-order valence-electron chi connectivity index (χ1n) is 6.46. The topological polar surface area (TPSA) is 95.9 Å². The van der Waals surface area contributed by atoms with Crippen LogP contribution < -0.4 is 5.32 Å². The molecule has 2 amide bonds. The van der Waals surface area contributed by atoms with Gasteiger partial charge in [0.25, 0.3) is 0 Å². The number of hydrogen-bond donors (Lipinski definition) is 2. The quantitative estimate of drug-likeness (QED) is 0.559. The van der Waals surface area contributed by atoms with E-state index in [0.717, 1.165) is 0 Å². The molecule has 0 aromatic rings. The standard InChI is InChI=1S/C14H22N2O5/c1-6-9-16(5)13(20)15-10(12(18)19)7-8-11(17)21-14(2,3)4/h1,10H,7-9H2,2-5H3,(H,15,20)(H,18,19)/t10-/m1/s1. The third kappa shape index (κ3) is 8.52. The number of esters is 1. The maximum absolute atomic E-state index is 11.7. The molecule has 1 atom stereocenters. The van der Waals surface area contributed by atoms with Gasteiger partial charge in [-0.05, 0) is 27.2 Å². The largest absolute Gasteiger partial charge is 0.480 e. The van der Waals surface area contributed by atoms with E-state index in [4.69, 9.17) is 16.3 Å². The minimum absolute atomic E-state index is 0.0557. The first-order valence-corrected chi connectivity index (χ1v) is 6.46. The number of ether oxygens (including phenoxy) is 1. The number of hydrogen-bond acceptors (Lipinski definition) is 4. The number of aliphatic carboxylic acids is 1. The van der Waals surface area contributed by atoms with Gasteiger partial charge in [-0.2, -0.15) is 0 Å². The van der Waals surface area contributed by atoms with Gasteiger partial charge in [0, 0.05) is 13.5 Å². The molecule has 0 aliphatic carbocycles. The van der Waals surface area contributed by atoms with Crippen LogP contribution in [0.4, 0.5) is 4.79 Å². The summed E-state index contributed by atoms with van der Waals surface area (Å²) < 4.78 is 5.08. The number of nitrogens with one attached hydrogen (secondary N) is 1. The van der Waals surface area contributed by atoms with Crippen molar-refractivity contribution < 1.29 is 24.2 Å². The molecule has 0 saturated heterocycles. The summed E-state index contributed by atoms with van der Waals surface area (Å²) in [6, 6.07) is -1.78. The molecule has 0 bridgehead atoms. The molecule has 118 valence electrons. The predicted molar refractivity (Wildman–Crippen MR) is 76.5 cm³/mol. The second kappa shape index (κ2) is 8.15. The third-order valence-electron chi connectivity index (χ3n) is 2.33. The Labute approximate surface area is 124 Å². The number of carbonyl (C=O) groups is 3. The summed E-state index contributed by atoms with van der Waals surface area (Å²) in [5, 5.41) is 11.4. The molecule has 0 unspecified atom stereocenters.